The van der Waals surface area contributed by atoms with Gasteiger partial charge in [0.1, 0.15) is 5.75 Å². The summed E-state index contributed by atoms with van der Waals surface area (Å²) in [5, 5.41) is 0. The summed E-state index contributed by atoms with van der Waals surface area (Å²) in [4.78, 5) is 0. The summed E-state index contributed by atoms with van der Waals surface area (Å²) in [6, 6.07) is 7.83. The molecule has 0 aromatic heterocycles. The second kappa shape index (κ2) is 6.18. The Labute approximate surface area is 109 Å². The zero-order valence-corrected chi connectivity index (χ0v) is 11.9. The van der Waals surface area contributed by atoms with E-state index in [2.05, 4.69) is 5.43 Å². The van der Waals surface area contributed by atoms with Crippen LogP contribution < -0.4 is 16.0 Å². The summed E-state index contributed by atoms with van der Waals surface area (Å²) in [6.45, 7) is 8.00. The maximum absolute atomic E-state index is 5.62. The summed E-state index contributed by atoms with van der Waals surface area (Å²) in [5.74, 6) is 6.48. The zero-order chi connectivity index (χ0) is 13.8. The number of hydrazine groups is 1. The summed E-state index contributed by atoms with van der Waals surface area (Å²) >= 11 is 0. The fraction of sp³-hybridized carbons (Fsp3) is 0.571. The van der Waals surface area contributed by atoms with Crippen LogP contribution in [0.5, 0.6) is 5.75 Å². The fourth-order valence-corrected chi connectivity index (χ4v) is 1.83. The third-order valence-electron chi connectivity index (χ3n) is 2.97. The van der Waals surface area contributed by atoms with Crippen molar-refractivity contribution in [1.82, 2.24) is 5.43 Å². The lowest BCUT2D eigenvalue weighted by atomic mass is 9.92. The standard InChI is InChI=1S/C14H24N2O2/c1-10(2)18-12-8-6-11(7-9-12)13(16-15)14(3,4)17-5/h6-10,13,16H,15H2,1-5H3. The van der Waals surface area contributed by atoms with E-state index in [-0.39, 0.29) is 17.7 Å². The lowest BCUT2D eigenvalue weighted by Gasteiger charge is -2.33. The van der Waals surface area contributed by atoms with E-state index in [0.717, 1.165) is 11.3 Å². The predicted molar refractivity (Wildman–Crippen MR) is 73.4 cm³/mol. The molecule has 18 heavy (non-hydrogen) atoms. The first-order valence-corrected chi connectivity index (χ1v) is 6.18. The second-order valence-corrected chi connectivity index (χ2v) is 5.14. The minimum absolute atomic E-state index is 0.0735. The van der Waals surface area contributed by atoms with Crippen LogP contribution in [0.4, 0.5) is 0 Å². The number of benzene rings is 1. The van der Waals surface area contributed by atoms with Crippen LogP contribution in [0.2, 0.25) is 0 Å². The summed E-state index contributed by atoms with van der Waals surface area (Å²) < 4.78 is 11.1. The molecule has 0 aliphatic carbocycles. The number of hydrogen-bond donors (Lipinski definition) is 2. The van der Waals surface area contributed by atoms with Crippen molar-refractivity contribution in [3.8, 4) is 5.75 Å². The van der Waals surface area contributed by atoms with Crippen molar-refractivity contribution < 1.29 is 9.47 Å². The molecule has 4 nitrogen and oxygen atoms in total. The molecule has 1 rings (SSSR count). The highest BCUT2D eigenvalue weighted by Crippen LogP contribution is 2.28. The third-order valence-corrected chi connectivity index (χ3v) is 2.97. The van der Waals surface area contributed by atoms with Crippen LogP contribution in [0.3, 0.4) is 0 Å². The Balaban J connectivity index is 2.89. The van der Waals surface area contributed by atoms with Gasteiger partial charge >= 0.3 is 0 Å². The van der Waals surface area contributed by atoms with Crippen LogP contribution >= 0.6 is 0 Å². The van der Waals surface area contributed by atoms with Gasteiger partial charge in [0.2, 0.25) is 0 Å². The topological polar surface area (TPSA) is 56.5 Å². The predicted octanol–water partition coefficient (Wildman–Crippen LogP) is 2.40. The van der Waals surface area contributed by atoms with Crippen LogP contribution in [0, 0.1) is 0 Å². The zero-order valence-electron chi connectivity index (χ0n) is 11.9. The largest absolute Gasteiger partial charge is 0.491 e. The van der Waals surface area contributed by atoms with E-state index in [1.165, 1.54) is 0 Å². The number of nitrogens with two attached hydrogens (primary N) is 1. The molecule has 1 atom stereocenters. The van der Waals surface area contributed by atoms with Crippen LogP contribution in [0.25, 0.3) is 0 Å². The van der Waals surface area contributed by atoms with E-state index in [4.69, 9.17) is 15.3 Å². The summed E-state index contributed by atoms with van der Waals surface area (Å²) in [5.41, 5.74) is 3.49. The van der Waals surface area contributed by atoms with Gasteiger partial charge in [0.05, 0.1) is 17.7 Å². The molecule has 0 saturated carbocycles. The Hall–Kier alpha value is -1.10. The van der Waals surface area contributed by atoms with Gasteiger partial charge in [0, 0.05) is 7.11 Å². The molecule has 0 aliphatic rings. The van der Waals surface area contributed by atoms with E-state index in [1.807, 2.05) is 52.0 Å². The number of methoxy groups -OCH3 is 1. The van der Waals surface area contributed by atoms with E-state index in [1.54, 1.807) is 7.11 Å². The van der Waals surface area contributed by atoms with Gasteiger partial charge in [-0.15, -0.1) is 0 Å². The SMILES string of the molecule is COC(C)(C)C(NN)c1ccc(OC(C)C)cc1. The highest BCUT2D eigenvalue weighted by molar-refractivity contribution is 5.30. The first kappa shape index (κ1) is 15.0. The normalized spacial score (nSPS) is 13.7. The Kier molecular flexibility index (Phi) is 5.14. The summed E-state index contributed by atoms with van der Waals surface area (Å²) in [7, 11) is 1.68. The number of nitrogens with one attached hydrogen (secondary N) is 1. The number of rotatable bonds is 6. The lowest BCUT2D eigenvalue weighted by Crippen LogP contribution is -2.43. The number of hydrogen-bond acceptors (Lipinski definition) is 4. The fourth-order valence-electron chi connectivity index (χ4n) is 1.83. The van der Waals surface area contributed by atoms with Crippen molar-refractivity contribution in [2.45, 2.75) is 45.4 Å². The monoisotopic (exact) mass is 252 g/mol. The molecule has 1 aromatic carbocycles. The molecular formula is C14H24N2O2. The first-order valence-electron chi connectivity index (χ1n) is 6.18. The average Bonchev–Trinajstić information content (AvgIpc) is 2.31. The molecule has 0 saturated heterocycles. The molecule has 1 unspecified atom stereocenters. The Bertz CT molecular complexity index is 361. The second-order valence-electron chi connectivity index (χ2n) is 5.14. The first-order chi connectivity index (χ1) is 8.40. The van der Waals surface area contributed by atoms with Crippen molar-refractivity contribution in [3.63, 3.8) is 0 Å². The van der Waals surface area contributed by atoms with E-state index in [0.29, 0.717) is 0 Å². The van der Waals surface area contributed by atoms with Crippen LogP contribution in [0.1, 0.15) is 39.3 Å². The average molecular weight is 252 g/mol. The molecule has 0 bridgehead atoms. The maximum Gasteiger partial charge on any atom is 0.119 e. The van der Waals surface area contributed by atoms with Crippen molar-refractivity contribution in [1.29, 1.82) is 0 Å². The van der Waals surface area contributed by atoms with Gasteiger partial charge in [-0.2, -0.15) is 0 Å². The minimum atomic E-state index is -0.380. The Morgan fingerprint density at radius 1 is 1.17 bits per heavy atom. The van der Waals surface area contributed by atoms with Gasteiger partial charge in [-0.1, -0.05) is 12.1 Å². The van der Waals surface area contributed by atoms with Crippen LogP contribution in [-0.2, 0) is 4.74 Å². The van der Waals surface area contributed by atoms with Crippen molar-refractivity contribution in [3.05, 3.63) is 29.8 Å². The molecule has 0 radical (unpaired) electrons. The molecule has 0 amide bonds. The van der Waals surface area contributed by atoms with E-state index in [9.17, 15) is 0 Å². The molecule has 0 fully saturated rings. The summed E-state index contributed by atoms with van der Waals surface area (Å²) in [6.07, 6.45) is 0.176. The van der Waals surface area contributed by atoms with E-state index < -0.39 is 0 Å². The van der Waals surface area contributed by atoms with Crippen molar-refractivity contribution in [2.24, 2.45) is 5.84 Å². The van der Waals surface area contributed by atoms with Gasteiger partial charge in [-0.3, -0.25) is 11.3 Å². The van der Waals surface area contributed by atoms with Crippen LogP contribution in [0.15, 0.2) is 24.3 Å². The van der Waals surface area contributed by atoms with Crippen molar-refractivity contribution in [2.75, 3.05) is 7.11 Å². The minimum Gasteiger partial charge on any atom is -0.491 e. The molecule has 0 spiro atoms. The van der Waals surface area contributed by atoms with Gasteiger partial charge < -0.3 is 9.47 Å². The Morgan fingerprint density at radius 3 is 2.11 bits per heavy atom. The number of ether oxygens (including phenoxy) is 2. The molecule has 0 heterocycles. The van der Waals surface area contributed by atoms with Gasteiger partial charge in [0.15, 0.2) is 0 Å². The molecule has 1 aromatic rings. The molecular weight excluding hydrogens is 228 g/mol. The quantitative estimate of drug-likeness (QED) is 0.603. The van der Waals surface area contributed by atoms with Gasteiger partial charge in [-0.25, -0.2) is 0 Å². The molecule has 102 valence electrons. The highest BCUT2D eigenvalue weighted by atomic mass is 16.5. The lowest BCUT2D eigenvalue weighted by molar-refractivity contribution is -0.0111. The van der Waals surface area contributed by atoms with Gasteiger partial charge in [0.25, 0.3) is 0 Å². The molecule has 0 aliphatic heterocycles. The van der Waals surface area contributed by atoms with Crippen LogP contribution in [-0.4, -0.2) is 18.8 Å². The van der Waals surface area contributed by atoms with Crippen molar-refractivity contribution >= 4 is 0 Å². The maximum atomic E-state index is 5.62. The third kappa shape index (κ3) is 3.70. The highest BCUT2D eigenvalue weighted by Gasteiger charge is 2.29. The molecule has 3 N–H and O–H groups in total. The Morgan fingerprint density at radius 2 is 1.72 bits per heavy atom. The molecule has 4 heteroatoms. The van der Waals surface area contributed by atoms with E-state index >= 15 is 0 Å². The smallest absolute Gasteiger partial charge is 0.119 e. The van der Waals surface area contributed by atoms with Gasteiger partial charge in [-0.05, 0) is 45.4 Å².